The standard InChI is InChI=1S/C22H32ClF4N5O5/c1-20(2,3)13(29-19(37)22(25,26)27)17(35)31-10-21(4,5)8-12(31)16(34)30-32(18(36)14(23)24)9-11-6-7-28-15(11)33/h11-14H,6-10H2,1-5H3,(H,28,33)(H,29,37)(H,30,34)/t11-,12-,13+,14-/m0/s1. The molecule has 2 fully saturated rings. The van der Waals surface area contributed by atoms with Crippen LogP contribution >= 0.6 is 11.6 Å². The van der Waals surface area contributed by atoms with Gasteiger partial charge in [0.05, 0.1) is 12.5 Å². The van der Waals surface area contributed by atoms with Gasteiger partial charge >= 0.3 is 12.1 Å². The van der Waals surface area contributed by atoms with Crippen molar-refractivity contribution in [3.8, 4) is 0 Å². The SMILES string of the molecule is CC1(C)C[C@@H](C(=O)NN(C[C@@H]2CCNC2=O)C(=O)[C@H](F)Cl)N(C(=O)[C@@H](NC(=O)C(F)(F)F)C(C)(C)C)C1. The zero-order valence-electron chi connectivity index (χ0n) is 21.2. The molecular formula is C22H32ClF4N5O5. The number of nitrogens with zero attached hydrogens (tertiary/aromatic N) is 2. The van der Waals surface area contributed by atoms with Gasteiger partial charge in [0.1, 0.15) is 12.1 Å². The van der Waals surface area contributed by atoms with Crippen molar-refractivity contribution in [2.24, 2.45) is 16.7 Å². The van der Waals surface area contributed by atoms with Gasteiger partial charge in [-0.05, 0) is 23.7 Å². The monoisotopic (exact) mass is 557 g/mol. The molecule has 0 unspecified atom stereocenters. The molecule has 2 heterocycles. The fraction of sp³-hybridized carbons (Fsp3) is 0.773. The fourth-order valence-corrected chi connectivity index (χ4v) is 4.44. The van der Waals surface area contributed by atoms with Crippen LogP contribution in [-0.4, -0.2) is 83.0 Å². The summed E-state index contributed by atoms with van der Waals surface area (Å²) >= 11 is 5.28. The largest absolute Gasteiger partial charge is 0.471 e. The maximum Gasteiger partial charge on any atom is 0.471 e. The number of alkyl halides is 5. The highest BCUT2D eigenvalue weighted by molar-refractivity contribution is 6.29. The predicted molar refractivity (Wildman–Crippen MR) is 123 cm³/mol. The molecule has 0 saturated carbocycles. The molecule has 4 atom stereocenters. The van der Waals surface area contributed by atoms with E-state index in [9.17, 15) is 41.5 Å². The molecule has 15 heteroatoms. The summed E-state index contributed by atoms with van der Waals surface area (Å²) in [6.45, 7) is 7.73. The van der Waals surface area contributed by atoms with Gasteiger partial charge in [-0.15, -0.1) is 0 Å². The van der Waals surface area contributed by atoms with Crippen molar-refractivity contribution < 1.29 is 41.5 Å². The Morgan fingerprint density at radius 3 is 2.27 bits per heavy atom. The molecule has 0 bridgehead atoms. The first-order chi connectivity index (χ1) is 16.7. The number of hydrogen-bond acceptors (Lipinski definition) is 5. The summed E-state index contributed by atoms with van der Waals surface area (Å²) in [7, 11) is 0. The van der Waals surface area contributed by atoms with Crippen molar-refractivity contribution in [3.05, 3.63) is 0 Å². The zero-order chi connectivity index (χ0) is 28.5. The van der Waals surface area contributed by atoms with Crippen LogP contribution in [0.3, 0.4) is 0 Å². The number of halogens is 5. The Labute approximate surface area is 216 Å². The number of rotatable bonds is 6. The maximum absolute atomic E-state index is 13.7. The highest BCUT2D eigenvalue weighted by Gasteiger charge is 2.50. The molecule has 2 aliphatic rings. The van der Waals surface area contributed by atoms with E-state index in [-0.39, 0.29) is 19.5 Å². The van der Waals surface area contributed by atoms with E-state index < -0.39 is 70.2 Å². The van der Waals surface area contributed by atoms with Crippen molar-refractivity contribution in [3.63, 3.8) is 0 Å². The smallest absolute Gasteiger partial charge is 0.356 e. The number of amides is 5. The molecule has 2 aliphatic heterocycles. The quantitative estimate of drug-likeness (QED) is 0.257. The Morgan fingerprint density at radius 1 is 1.22 bits per heavy atom. The lowest BCUT2D eigenvalue weighted by atomic mass is 9.85. The zero-order valence-corrected chi connectivity index (χ0v) is 21.9. The lowest BCUT2D eigenvalue weighted by Crippen LogP contribution is -2.61. The van der Waals surface area contributed by atoms with Crippen molar-refractivity contribution >= 4 is 41.1 Å². The van der Waals surface area contributed by atoms with Gasteiger partial charge in [0.25, 0.3) is 17.4 Å². The molecule has 210 valence electrons. The first-order valence-electron chi connectivity index (χ1n) is 11.6. The second kappa shape index (κ2) is 11.0. The molecule has 0 aliphatic carbocycles. The lowest BCUT2D eigenvalue weighted by molar-refractivity contribution is -0.176. The number of likely N-dealkylation sites (tertiary alicyclic amines) is 1. The van der Waals surface area contributed by atoms with E-state index in [0.717, 1.165) is 4.90 Å². The minimum Gasteiger partial charge on any atom is -0.356 e. The summed E-state index contributed by atoms with van der Waals surface area (Å²) in [6, 6.07) is -2.90. The summed E-state index contributed by atoms with van der Waals surface area (Å²) in [5, 5.41) is 4.86. The third kappa shape index (κ3) is 7.68. The molecule has 5 amide bonds. The van der Waals surface area contributed by atoms with Gasteiger partial charge < -0.3 is 15.5 Å². The summed E-state index contributed by atoms with van der Waals surface area (Å²) in [6.07, 6.45) is -4.85. The van der Waals surface area contributed by atoms with Gasteiger partial charge in [-0.3, -0.25) is 29.4 Å². The number of hydrazine groups is 1. The Bertz CT molecular complexity index is 937. The minimum atomic E-state index is -5.23. The van der Waals surface area contributed by atoms with Crippen molar-refractivity contribution in [1.82, 2.24) is 26.0 Å². The van der Waals surface area contributed by atoms with Gasteiger partial charge in [-0.25, -0.2) is 9.40 Å². The van der Waals surface area contributed by atoms with Crippen molar-refractivity contribution in [2.45, 2.75) is 71.4 Å². The molecule has 0 radical (unpaired) electrons. The molecule has 0 aromatic rings. The van der Waals surface area contributed by atoms with Crippen LogP contribution in [0.2, 0.25) is 0 Å². The fourth-order valence-electron chi connectivity index (χ4n) is 4.32. The number of carbonyl (C=O) groups excluding carboxylic acids is 5. The Kier molecular flexibility index (Phi) is 9.09. The number of carbonyl (C=O) groups is 5. The highest BCUT2D eigenvalue weighted by atomic mass is 35.5. The normalized spacial score (nSPS) is 23.2. The maximum atomic E-state index is 13.7. The third-order valence-corrected chi connectivity index (χ3v) is 6.40. The van der Waals surface area contributed by atoms with Crippen LogP contribution < -0.4 is 16.1 Å². The van der Waals surface area contributed by atoms with Crippen LogP contribution in [-0.2, 0) is 24.0 Å². The van der Waals surface area contributed by atoms with E-state index in [1.807, 2.05) is 0 Å². The molecule has 37 heavy (non-hydrogen) atoms. The van der Waals surface area contributed by atoms with Crippen molar-refractivity contribution in [1.29, 1.82) is 0 Å². The highest BCUT2D eigenvalue weighted by Crippen LogP contribution is 2.36. The summed E-state index contributed by atoms with van der Waals surface area (Å²) in [4.78, 5) is 63.7. The van der Waals surface area contributed by atoms with E-state index in [4.69, 9.17) is 11.6 Å². The third-order valence-electron chi connectivity index (χ3n) is 6.22. The molecule has 0 spiro atoms. The van der Waals surface area contributed by atoms with E-state index in [1.54, 1.807) is 19.2 Å². The Balaban J connectivity index is 2.32. The van der Waals surface area contributed by atoms with Crippen LogP contribution in [0, 0.1) is 16.7 Å². The van der Waals surface area contributed by atoms with Crippen molar-refractivity contribution in [2.75, 3.05) is 19.6 Å². The summed E-state index contributed by atoms with van der Waals surface area (Å²) < 4.78 is 52.5. The van der Waals surface area contributed by atoms with Gasteiger partial charge in [0.15, 0.2) is 0 Å². The van der Waals surface area contributed by atoms with Crippen LogP contribution in [0.4, 0.5) is 17.6 Å². The first kappa shape index (κ1) is 30.6. The molecule has 3 N–H and O–H groups in total. The van der Waals surface area contributed by atoms with Gasteiger partial charge in [0.2, 0.25) is 11.8 Å². The Hall–Kier alpha value is -2.64. The summed E-state index contributed by atoms with van der Waals surface area (Å²) in [5.74, 6) is -6.61. The first-order valence-corrected chi connectivity index (χ1v) is 12.0. The number of hydrogen-bond donors (Lipinski definition) is 3. The molecule has 0 aromatic carbocycles. The second-order valence-electron chi connectivity index (χ2n) is 11.1. The van der Waals surface area contributed by atoms with Crippen LogP contribution in [0.5, 0.6) is 0 Å². The van der Waals surface area contributed by atoms with Gasteiger partial charge in [-0.1, -0.05) is 46.2 Å². The average molecular weight is 558 g/mol. The Morgan fingerprint density at radius 2 is 1.81 bits per heavy atom. The van der Waals surface area contributed by atoms with E-state index in [1.165, 1.54) is 20.8 Å². The lowest BCUT2D eigenvalue weighted by Gasteiger charge is -2.36. The van der Waals surface area contributed by atoms with E-state index >= 15 is 0 Å². The minimum absolute atomic E-state index is 0.0430. The predicted octanol–water partition coefficient (Wildman–Crippen LogP) is 1.24. The molecule has 2 saturated heterocycles. The second-order valence-corrected chi connectivity index (χ2v) is 11.5. The molecular weight excluding hydrogens is 526 g/mol. The molecule has 2 rings (SSSR count). The average Bonchev–Trinajstić information content (AvgIpc) is 3.30. The molecule has 10 nitrogen and oxygen atoms in total. The van der Waals surface area contributed by atoms with E-state index in [0.29, 0.717) is 18.0 Å². The topological polar surface area (TPSA) is 128 Å². The van der Waals surface area contributed by atoms with Gasteiger partial charge in [0, 0.05) is 13.1 Å². The van der Waals surface area contributed by atoms with Gasteiger partial charge in [-0.2, -0.15) is 13.2 Å². The molecule has 0 aromatic heterocycles. The van der Waals surface area contributed by atoms with E-state index in [2.05, 4.69) is 10.7 Å². The van der Waals surface area contributed by atoms with Crippen LogP contribution in [0.25, 0.3) is 0 Å². The number of nitrogens with one attached hydrogen (secondary N) is 3. The summed E-state index contributed by atoms with van der Waals surface area (Å²) in [5.41, 5.74) is -2.12. The van der Waals surface area contributed by atoms with Crippen LogP contribution in [0.1, 0.15) is 47.5 Å². The van der Waals surface area contributed by atoms with Crippen LogP contribution in [0.15, 0.2) is 0 Å².